The van der Waals surface area contributed by atoms with E-state index in [0.717, 1.165) is 34.0 Å². The monoisotopic (exact) mass is 340 g/mol. The molecule has 1 heterocycles. The number of aromatic nitrogens is 1. The SMILES string of the molecule is Cc1cccc(NC(=O)Cn2cc(C=O)c3cc(Cl)ccc32)c1C. The number of aldehydes is 1. The third-order valence-electron chi connectivity index (χ3n) is 4.19. The number of nitrogens with zero attached hydrogens (tertiary/aromatic N) is 1. The van der Waals surface area contributed by atoms with Gasteiger partial charge in [0.05, 0.1) is 0 Å². The minimum absolute atomic E-state index is 0.124. The van der Waals surface area contributed by atoms with Crippen LogP contribution in [0.4, 0.5) is 5.69 Å². The van der Waals surface area contributed by atoms with Crippen molar-refractivity contribution >= 4 is 40.4 Å². The predicted octanol–water partition coefficient (Wildman–Crippen LogP) is 4.36. The zero-order valence-electron chi connectivity index (χ0n) is 13.5. The van der Waals surface area contributed by atoms with Crippen LogP contribution >= 0.6 is 11.6 Å². The van der Waals surface area contributed by atoms with Crippen molar-refractivity contribution < 1.29 is 9.59 Å². The molecule has 0 aliphatic rings. The molecule has 0 saturated carbocycles. The molecule has 0 bridgehead atoms. The largest absolute Gasteiger partial charge is 0.337 e. The van der Waals surface area contributed by atoms with Crippen LogP contribution in [0.15, 0.2) is 42.6 Å². The number of nitrogens with one attached hydrogen (secondary N) is 1. The summed E-state index contributed by atoms with van der Waals surface area (Å²) >= 11 is 6.00. The van der Waals surface area contributed by atoms with Gasteiger partial charge in [-0.25, -0.2) is 0 Å². The van der Waals surface area contributed by atoms with Gasteiger partial charge in [0, 0.05) is 33.4 Å². The first-order valence-corrected chi connectivity index (χ1v) is 7.97. The summed E-state index contributed by atoms with van der Waals surface area (Å²) in [6, 6.07) is 11.1. The third kappa shape index (κ3) is 3.05. The summed E-state index contributed by atoms with van der Waals surface area (Å²) in [5.41, 5.74) is 4.29. The van der Waals surface area contributed by atoms with Crippen LogP contribution in [0.5, 0.6) is 0 Å². The molecule has 1 N–H and O–H groups in total. The Balaban J connectivity index is 1.88. The summed E-state index contributed by atoms with van der Waals surface area (Å²) in [7, 11) is 0. The van der Waals surface area contributed by atoms with Gasteiger partial charge < -0.3 is 9.88 Å². The van der Waals surface area contributed by atoms with Gasteiger partial charge in [0.1, 0.15) is 6.54 Å². The summed E-state index contributed by atoms with van der Waals surface area (Å²) in [6.45, 7) is 4.10. The Bertz CT molecular complexity index is 944. The van der Waals surface area contributed by atoms with E-state index in [1.165, 1.54) is 0 Å². The fourth-order valence-corrected chi connectivity index (χ4v) is 2.92. The first kappa shape index (κ1) is 16.3. The van der Waals surface area contributed by atoms with Gasteiger partial charge in [0.2, 0.25) is 5.91 Å². The molecule has 3 rings (SSSR count). The highest BCUT2D eigenvalue weighted by molar-refractivity contribution is 6.31. The van der Waals surface area contributed by atoms with Gasteiger partial charge in [-0.15, -0.1) is 0 Å². The molecule has 3 aromatic rings. The quantitative estimate of drug-likeness (QED) is 0.717. The Morgan fingerprint density at radius 1 is 1.25 bits per heavy atom. The van der Waals surface area contributed by atoms with E-state index in [0.29, 0.717) is 10.6 Å². The van der Waals surface area contributed by atoms with E-state index in [2.05, 4.69) is 5.32 Å². The van der Waals surface area contributed by atoms with Crippen LogP contribution < -0.4 is 5.32 Å². The summed E-state index contributed by atoms with van der Waals surface area (Å²) in [5.74, 6) is -0.145. The molecule has 0 fully saturated rings. The maximum absolute atomic E-state index is 12.4. The van der Waals surface area contributed by atoms with E-state index in [1.807, 2.05) is 38.1 Å². The number of halogens is 1. The molecular formula is C19H17ClN2O2. The number of rotatable bonds is 4. The van der Waals surface area contributed by atoms with E-state index in [9.17, 15) is 9.59 Å². The molecular weight excluding hydrogens is 324 g/mol. The number of aryl methyl sites for hydroxylation is 1. The fourth-order valence-electron chi connectivity index (χ4n) is 2.75. The summed E-state index contributed by atoms with van der Waals surface area (Å²) in [5, 5.41) is 4.23. The molecule has 4 nitrogen and oxygen atoms in total. The zero-order chi connectivity index (χ0) is 17.3. The third-order valence-corrected chi connectivity index (χ3v) is 4.43. The highest BCUT2D eigenvalue weighted by Gasteiger charge is 2.12. The second-order valence-corrected chi connectivity index (χ2v) is 6.22. The smallest absolute Gasteiger partial charge is 0.244 e. The Morgan fingerprint density at radius 2 is 2.04 bits per heavy atom. The zero-order valence-corrected chi connectivity index (χ0v) is 14.2. The average Bonchev–Trinajstić information content (AvgIpc) is 2.88. The van der Waals surface area contributed by atoms with E-state index in [-0.39, 0.29) is 12.5 Å². The normalized spacial score (nSPS) is 10.8. The Hall–Kier alpha value is -2.59. The lowest BCUT2D eigenvalue weighted by Gasteiger charge is -2.11. The lowest BCUT2D eigenvalue weighted by Crippen LogP contribution is -2.19. The molecule has 0 spiro atoms. The Labute approximate surface area is 145 Å². The van der Waals surface area contributed by atoms with Gasteiger partial charge in [-0.3, -0.25) is 9.59 Å². The van der Waals surface area contributed by atoms with Crippen LogP contribution in [-0.2, 0) is 11.3 Å². The van der Waals surface area contributed by atoms with Crippen molar-refractivity contribution in [3.8, 4) is 0 Å². The van der Waals surface area contributed by atoms with Crippen molar-refractivity contribution in [2.24, 2.45) is 0 Å². The maximum atomic E-state index is 12.4. The van der Waals surface area contributed by atoms with Crippen LogP contribution in [0.3, 0.4) is 0 Å². The molecule has 0 unspecified atom stereocenters. The maximum Gasteiger partial charge on any atom is 0.244 e. The second kappa shape index (κ2) is 6.49. The molecule has 122 valence electrons. The van der Waals surface area contributed by atoms with Gasteiger partial charge in [-0.2, -0.15) is 0 Å². The molecule has 0 aliphatic heterocycles. The lowest BCUT2D eigenvalue weighted by molar-refractivity contribution is -0.116. The van der Waals surface area contributed by atoms with Crippen molar-refractivity contribution in [2.75, 3.05) is 5.32 Å². The number of fused-ring (bicyclic) bond motifs is 1. The molecule has 1 amide bonds. The van der Waals surface area contributed by atoms with E-state index >= 15 is 0 Å². The van der Waals surface area contributed by atoms with Gasteiger partial charge in [-0.1, -0.05) is 23.7 Å². The van der Waals surface area contributed by atoms with Crippen LogP contribution in [0.1, 0.15) is 21.5 Å². The highest BCUT2D eigenvalue weighted by Crippen LogP contribution is 2.24. The first-order valence-electron chi connectivity index (χ1n) is 7.59. The standard InChI is InChI=1S/C19H17ClN2O2/c1-12-4-3-5-17(13(12)2)21-19(24)10-22-9-14(11-23)16-8-15(20)6-7-18(16)22/h3-9,11H,10H2,1-2H3,(H,21,24). The van der Waals surface area contributed by atoms with Gasteiger partial charge in [0.25, 0.3) is 0 Å². The van der Waals surface area contributed by atoms with Gasteiger partial charge in [0.15, 0.2) is 6.29 Å². The molecule has 0 atom stereocenters. The number of anilines is 1. The van der Waals surface area contributed by atoms with E-state index < -0.39 is 0 Å². The number of amides is 1. The lowest BCUT2D eigenvalue weighted by atomic mass is 10.1. The van der Waals surface area contributed by atoms with Crippen molar-refractivity contribution in [1.82, 2.24) is 4.57 Å². The number of carbonyl (C=O) groups is 2. The molecule has 0 saturated heterocycles. The molecule has 24 heavy (non-hydrogen) atoms. The van der Waals surface area contributed by atoms with Crippen LogP contribution in [0.2, 0.25) is 5.02 Å². The Morgan fingerprint density at radius 3 is 2.79 bits per heavy atom. The first-order chi connectivity index (χ1) is 11.5. The van der Waals surface area contributed by atoms with Crippen LogP contribution in [-0.4, -0.2) is 16.8 Å². The van der Waals surface area contributed by atoms with Crippen molar-refractivity contribution in [3.63, 3.8) is 0 Å². The molecule has 1 aromatic heterocycles. The van der Waals surface area contributed by atoms with Crippen LogP contribution in [0, 0.1) is 13.8 Å². The van der Waals surface area contributed by atoms with Crippen molar-refractivity contribution in [3.05, 3.63) is 64.3 Å². The Kier molecular flexibility index (Phi) is 4.40. The highest BCUT2D eigenvalue weighted by atomic mass is 35.5. The number of carbonyl (C=O) groups excluding carboxylic acids is 2. The topological polar surface area (TPSA) is 51.1 Å². The number of hydrogen-bond acceptors (Lipinski definition) is 2. The summed E-state index contributed by atoms with van der Waals surface area (Å²) < 4.78 is 1.76. The number of benzene rings is 2. The van der Waals surface area contributed by atoms with Crippen molar-refractivity contribution in [1.29, 1.82) is 0 Å². The van der Waals surface area contributed by atoms with Crippen LogP contribution in [0.25, 0.3) is 10.9 Å². The second-order valence-electron chi connectivity index (χ2n) is 5.79. The molecule has 2 aromatic carbocycles. The molecule has 0 radical (unpaired) electrons. The minimum Gasteiger partial charge on any atom is -0.337 e. The van der Waals surface area contributed by atoms with Gasteiger partial charge in [-0.05, 0) is 49.2 Å². The predicted molar refractivity (Wildman–Crippen MR) is 96.9 cm³/mol. The number of hydrogen-bond donors (Lipinski definition) is 1. The average molecular weight is 341 g/mol. The minimum atomic E-state index is -0.145. The fraction of sp³-hybridized carbons (Fsp3) is 0.158. The summed E-state index contributed by atoms with van der Waals surface area (Å²) in [6.07, 6.45) is 2.45. The van der Waals surface area contributed by atoms with Crippen molar-refractivity contribution in [2.45, 2.75) is 20.4 Å². The summed E-state index contributed by atoms with van der Waals surface area (Å²) in [4.78, 5) is 23.7. The van der Waals surface area contributed by atoms with E-state index in [1.54, 1.807) is 22.9 Å². The molecule has 5 heteroatoms. The van der Waals surface area contributed by atoms with Gasteiger partial charge >= 0.3 is 0 Å². The molecule has 0 aliphatic carbocycles. The van der Waals surface area contributed by atoms with E-state index in [4.69, 9.17) is 11.6 Å².